The van der Waals surface area contributed by atoms with Gasteiger partial charge in [-0.2, -0.15) is 0 Å². The van der Waals surface area contributed by atoms with Crippen molar-refractivity contribution >= 4 is 11.7 Å². The zero-order valence-electron chi connectivity index (χ0n) is 9.44. The molecule has 90 valence electrons. The Kier molecular flexibility index (Phi) is 2.15. The first kappa shape index (κ1) is 10.3. The number of aliphatic hydroxyl groups is 1. The Hall–Kier alpha value is -1.89. The Balaban J connectivity index is 1.91. The SMILES string of the molecule is CN1C(=O)N2CC(n3cc(CO)nn3)=CC1C2. The quantitative estimate of drug-likeness (QED) is 0.740. The Morgan fingerprint density at radius 2 is 2.41 bits per heavy atom. The van der Waals surface area contributed by atoms with Gasteiger partial charge in [-0.15, -0.1) is 5.10 Å². The molecule has 2 aliphatic heterocycles. The molecule has 0 radical (unpaired) electrons. The summed E-state index contributed by atoms with van der Waals surface area (Å²) < 4.78 is 1.62. The fraction of sp³-hybridized carbons (Fsp3) is 0.500. The Bertz CT molecular complexity index is 495. The summed E-state index contributed by atoms with van der Waals surface area (Å²) in [5.74, 6) is 0. The van der Waals surface area contributed by atoms with Gasteiger partial charge in [0.2, 0.25) is 0 Å². The van der Waals surface area contributed by atoms with E-state index >= 15 is 0 Å². The van der Waals surface area contributed by atoms with Crippen LogP contribution in [0.4, 0.5) is 4.79 Å². The third-order valence-corrected chi connectivity index (χ3v) is 3.21. The first-order valence-electron chi connectivity index (χ1n) is 5.44. The van der Waals surface area contributed by atoms with Crippen LogP contribution in [0.15, 0.2) is 12.3 Å². The predicted molar refractivity (Wildman–Crippen MR) is 58.7 cm³/mol. The largest absolute Gasteiger partial charge is 0.390 e. The van der Waals surface area contributed by atoms with Crippen LogP contribution in [-0.2, 0) is 6.61 Å². The van der Waals surface area contributed by atoms with Crippen molar-refractivity contribution in [3.63, 3.8) is 0 Å². The highest BCUT2D eigenvalue weighted by Crippen LogP contribution is 2.24. The molecule has 2 amide bonds. The summed E-state index contributed by atoms with van der Waals surface area (Å²) in [6, 6.07) is 0.150. The molecule has 1 aromatic rings. The van der Waals surface area contributed by atoms with Crippen molar-refractivity contribution in [2.75, 3.05) is 20.1 Å². The molecule has 7 heteroatoms. The molecule has 7 nitrogen and oxygen atoms in total. The standard InChI is InChI=1S/C10H13N5O2/c1-13-8-2-9(5-14(4-8)10(13)17)15-3-7(6-16)11-12-15/h2-3,8,16H,4-6H2,1H3. The van der Waals surface area contributed by atoms with Crippen molar-refractivity contribution in [2.45, 2.75) is 12.6 Å². The third-order valence-electron chi connectivity index (χ3n) is 3.21. The lowest BCUT2D eigenvalue weighted by molar-refractivity contribution is 0.201. The normalized spacial score (nSPS) is 23.3. The highest BCUT2D eigenvalue weighted by Gasteiger charge is 2.37. The van der Waals surface area contributed by atoms with E-state index in [-0.39, 0.29) is 18.7 Å². The van der Waals surface area contributed by atoms with E-state index in [0.717, 1.165) is 12.2 Å². The molecule has 3 rings (SSSR count). The maximum atomic E-state index is 11.8. The molecule has 1 saturated heterocycles. The molecule has 1 N–H and O–H groups in total. The summed E-state index contributed by atoms with van der Waals surface area (Å²) in [6.45, 7) is 1.15. The van der Waals surface area contributed by atoms with Crippen molar-refractivity contribution in [2.24, 2.45) is 0 Å². The van der Waals surface area contributed by atoms with Crippen molar-refractivity contribution in [1.29, 1.82) is 0 Å². The first-order valence-corrected chi connectivity index (χ1v) is 5.44. The second-order valence-corrected chi connectivity index (χ2v) is 4.31. The predicted octanol–water partition coefficient (Wildman–Crippen LogP) is -0.639. The van der Waals surface area contributed by atoms with Crippen LogP contribution in [0, 0.1) is 0 Å². The zero-order chi connectivity index (χ0) is 12.0. The molecule has 1 fully saturated rings. The summed E-state index contributed by atoms with van der Waals surface area (Å²) in [5, 5.41) is 16.7. The van der Waals surface area contributed by atoms with E-state index in [9.17, 15) is 4.79 Å². The number of carbonyl (C=O) groups is 1. The summed E-state index contributed by atoms with van der Waals surface area (Å²) in [7, 11) is 1.80. The van der Waals surface area contributed by atoms with Gasteiger partial charge in [-0.3, -0.25) is 0 Å². The van der Waals surface area contributed by atoms with Crippen LogP contribution in [0.2, 0.25) is 0 Å². The smallest absolute Gasteiger partial charge is 0.320 e. The summed E-state index contributed by atoms with van der Waals surface area (Å²) >= 11 is 0. The number of aliphatic hydroxyl groups excluding tert-OH is 1. The zero-order valence-corrected chi connectivity index (χ0v) is 9.44. The Morgan fingerprint density at radius 3 is 3.06 bits per heavy atom. The van der Waals surface area contributed by atoms with Crippen molar-refractivity contribution in [3.8, 4) is 0 Å². The number of nitrogens with zero attached hydrogens (tertiary/aromatic N) is 5. The lowest BCUT2D eigenvalue weighted by Crippen LogP contribution is -2.31. The molecule has 3 heterocycles. The molecule has 0 aliphatic carbocycles. The van der Waals surface area contributed by atoms with Gasteiger partial charge in [0.05, 0.1) is 31.1 Å². The maximum absolute atomic E-state index is 11.8. The third kappa shape index (κ3) is 1.50. The van der Waals surface area contributed by atoms with E-state index in [2.05, 4.69) is 10.3 Å². The number of aromatic nitrogens is 3. The molecule has 1 atom stereocenters. The van der Waals surface area contributed by atoms with Crippen molar-refractivity contribution < 1.29 is 9.90 Å². The van der Waals surface area contributed by atoms with Crippen molar-refractivity contribution in [1.82, 2.24) is 24.8 Å². The minimum atomic E-state index is -0.126. The molecular weight excluding hydrogens is 222 g/mol. The van der Waals surface area contributed by atoms with E-state index in [1.54, 1.807) is 27.7 Å². The Labute approximate surface area is 97.9 Å². The lowest BCUT2D eigenvalue weighted by atomic mass is 10.2. The highest BCUT2D eigenvalue weighted by molar-refractivity contribution is 5.80. The van der Waals surface area contributed by atoms with Gasteiger partial charge in [0, 0.05) is 13.6 Å². The van der Waals surface area contributed by atoms with Gasteiger partial charge in [0.15, 0.2) is 0 Å². The second-order valence-electron chi connectivity index (χ2n) is 4.31. The number of rotatable bonds is 2. The monoisotopic (exact) mass is 235 g/mol. The first-order chi connectivity index (χ1) is 8.19. The lowest BCUT2D eigenvalue weighted by Gasteiger charge is -2.20. The molecule has 0 aromatic carbocycles. The van der Waals surface area contributed by atoms with Crippen LogP contribution in [-0.4, -0.2) is 62.1 Å². The van der Waals surface area contributed by atoms with E-state index in [0.29, 0.717) is 12.2 Å². The minimum Gasteiger partial charge on any atom is -0.390 e. The number of likely N-dealkylation sites (N-methyl/N-ethyl adjacent to an activating group) is 1. The van der Waals surface area contributed by atoms with E-state index in [1.807, 2.05) is 6.08 Å². The molecule has 0 spiro atoms. The average molecular weight is 235 g/mol. The highest BCUT2D eigenvalue weighted by atomic mass is 16.3. The van der Waals surface area contributed by atoms with Gasteiger partial charge in [0.25, 0.3) is 0 Å². The summed E-state index contributed by atoms with van der Waals surface area (Å²) in [4.78, 5) is 15.3. The molecule has 2 aliphatic rings. The van der Waals surface area contributed by atoms with Gasteiger partial charge < -0.3 is 14.9 Å². The van der Waals surface area contributed by atoms with Gasteiger partial charge in [-0.25, -0.2) is 9.48 Å². The van der Waals surface area contributed by atoms with Crippen LogP contribution in [0.5, 0.6) is 0 Å². The molecule has 0 saturated carbocycles. The summed E-state index contributed by atoms with van der Waals surface area (Å²) in [5.41, 5.74) is 1.45. The van der Waals surface area contributed by atoms with Crippen LogP contribution in [0.1, 0.15) is 5.69 Å². The number of carbonyl (C=O) groups excluding carboxylic acids is 1. The van der Waals surface area contributed by atoms with Crippen molar-refractivity contribution in [3.05, 3.63) is 18.0 Å². The van der Waals surface area contributed by atoms with E-state index < -0.39 is 0 Å². The van der Waals surface area contributed by atoms with Gasteiger partial charge >= 0.3 is 6.03 Å². The fourth-order valence-electron chi connectivity index (χ4n) is 2.22. The number of amides is 2. The molecule has 2 bridgehead atoms. The van der Waals surface area contributed by atoms with E-state index in [1.165, 1.54) is 0 Å². The molecule has 17 heavy (non-hydrogen) atoms. The topological polar surface area (TPSA) is 74.5 Å². The average Bonchev–Trinajstić information content (AvgIpc) is 2.91. The van der Waals surface area contributed by atoms with Crippen LogP contribution in [0.3, 0.4) is 0 Å². The number of urea groups is 1. The van der Waals surface area contributed by atoms with Crippen LogP contribution >= 0.6 is 0 Å². The number of fused-ring (bicyclic) bond motifs is 2. The maximum Gasteiger partial charge on any atom is 0.320 e. The summed E-state index contributed by atoms with van der Waals surface area (Å²) in [6.07, 6.45) is 3.71. The molecule has 1 unspecified atom stereocenters. The van der Waals surface area contributed by atoms with Gasteiger partial charge in [-0.05, 0) is 6.08 Å². The molecule has 1 aromatic heterocycles. The van der Waals surface area contributed by atoms with Crippen LogP contribution < -0.4 is 0 Å². The minimum absolute atomic E-state index is 0.0451. The second kappa shape index (κ2) is 3.56. The van der Waals surface area contributed by atoms with E-state index in [4.69, 9.17) is 5.11 Å². The Morgan fingerprint density at radius 1 is 1.59 bits per heavy atom. The number of hydrogen-bond donors (Lipinski definition) is 1. The van der Waals surface area contributed by atoms with Crippen LogP contribution in [0.25, 0.3) is 5.70 Å². The fourth-order valence-corrected chi connectivity index (χ4v) is 2.22. The van der Waals surface area contributed by atoms with Gasteiger partial charge in [-0.1, -0.05) is 5.21 Å². The van der Waals surface area contributed by atoms with Gasteiger partial charge in [0.1, 0.15) is 5.69 Å². The molecular formula is C10H13N5O2. The number of hydrogen-bond acceptors (Lipinski definition) is 4.